The number of hydrogen-bond donors (Lipinski definition) is 1. The number of amides is 1. The van der Waals surface area contributed by atoms with Crippen molar-refractivity contribution in [3.63, 3.8) is 0 Å². The van der Waals surface area contributed by atoms with E-state index in [1.165, 1.54) is 35.4 Å². The molecule has 0 atom stereocenters. The average Bonchev–Trinajstić information content (AvgIpc) is 3.14. The number of nitrogens with zero attached hydrogens (tertiary/aromatic N) is 4. The van der Waals surface area contributed by atoms with Crippen molar-refractivity contribution in [3.05, 3.63) is 66.2 Å². The molecule has 2 fully saturated rings. The minimum atomic E-state index is -0.667. The van der Waals surface area contributed by atoms with Crippen LogP contribution in [0, 0.1) is 23.5 Å². The maximum absolute atomic E-state index is 13.4. The number of rotatable bonds is 5. The zero-order valence-electron chi connectivity index (χ0n) is 18.6. The fourth-order valence-electron chi connectivity index (χ4n) is 4.55. The number of aromatic nitrogens is 3. The summed E-state index contributed by atoms with van der Waals surface area (Å²) in [6.45, 7) is 1.10. The van der Waals surface area contributed by atoms with Crippen LogP contribution in [0.3, 0.4) is 0 Å². The minimum Gasteiger partial charge on any atom is -0.441 e. The Hall–Kier alpha value is -3.40. The Kier molecular flexibility index (Phi) is 7.11. The summed E-state index contributed by atoms with van der Waals surface area (Å²) in [4.78, 5) is 17.5. The largest absolute Gasteiger partial charge is 0.441 e. The summed E-state index contributed by atoms with van der Waals surface area (Å²) in [5.74, 6) is -0.993. The Morgan fingerprint density at radius 3 is 2.40 bits per heavy atom. The van der Waals surface area contributed by atoms with Crippen LogP contribution in [0.5, 0.6) is 0 Å². The molecule has 11 heteroatoms. The molecule has 35 heavy (non-hydrogen) atoms. The minimum absolute atomic E-state index is 0. The number of nitrogens with one attached hydrogen (secondary N) is 1. The molecule has 1 aromatic carbocycles. The van der Waals surface area contributed by atoms with Crippen LogP contribution in [0.2, 0.25) is 0 Å². The highest BCUT2D eigenvalue weighted by Crippen LogP contribution is 2.40. The lowest BCUT2D eigenvalue weighted by Crippen LogP contribution is -2.39. The van der Waals surface area contributed by atoms with Crippen molar-refractivity contribution in [1.29, 1.82) is 0 Å². The Labute approximate surface area is 206 Å². The predicted molar refractivity (Wildman–Crippen MR) is 126 cm³/mol. The highest BCUT2D eigenvalue weighted by molar-refractivity contribution is 5.90. The Morgan fingerprint density at radius 1 is 1.03 bits per heavy atom. The average molecular weight is 506 g/mol. The molecule has 1 aliphatic heterocycles. The maximum Gasteiger partial charge on any atom is 0.415 e. The van der Waals surface area contributed by atoms with E-state index in [9.17, 15) is 18.0 Å². The van der Waals surface area contributed by atoms with Crippen LogP contribution in [-0.4, -0.2) is 40.0 Å². The second kappa shape index (κ2) is 10.1. The normalized spacial score (nSPS) is 21.5. The molecule has 1 N–H and O–H groups in total. The van der Waals surface area contributed by atoms with Gasteiger partial charge in [0.25, 0.3) is 0 Å². The molecule has 1 saturated carbocycles. The SMILES string of the molecule is Cl.O=C1O[C@]2(CC[C@H](CNc3ccc(-c4cc(F)cc(F)c4)nn3)CC2)CN1c1ccc(F)nc1. The Balaban J connectivity index is 0.00000289. The number of carbonyl (C=O) groups excluding carboxylic acids is 1. The number of benzene rings is 1. The van der Waals surface area contributed by atoms with E-state index in [0.29, 0.717) is 41.8 Å². The van der Waals surface area contributed by atoms with Gasteiger partial charge in [0.05, 0.1) is 24.1 Å². The quantitative estimate of drug-likeness (QED) is 0.469. The summed E-state index contributed by atoms with van der Waals surface area (Å²) >= 11 is 0. The molecule has 1 saturated heterocycles. The van der Waals surface area contributed by atoms with E-state index in [1.54, 1.807) is 12.1 Å². The van der Waals surface area contributed by atoms with E-state index in [0.717, 1.165) is 31.7 Å². The second-order valence-corrected chi connectivity index (χ2v) is 8.76. The summed E-state index contributed by atoms with van der Waals surface area (Å²) in [7, 11) is 0. The van der Waals surface area contributed by atoms with Gasteiger partial charge in [-0.3, -0.25) is 4.90 Å². The first-order valence-corrected chi connectivity index (χ1v) is 11.1. The topological polar surface area (TPSA) is 80.2 Å². The number of anilines is 2. The molecular weight excluding hydrogens is 483 g/mol. The second-order valence-electron chi connectivity index (χ2n) is 8.76. The molecule has 184 valence electrons. The lowest BCUT2D eigenvalue weighted by Gasteiger charge is -2.35. The smallest absolute Gasteiger partial charge is 0.415 e. The van der Waals surface area contributed by atoms with Gasteiger partial charge in [-0.25, -0.2) is 18.6 Å². The number of hydrogen-bond acceptors (Lipinski definition) is 6. The third kappa shape index (κ3) is 5.48. The van der Waals surface area contributed by atoms with E-state index < -0.39 is 29.3 Å². The van der Waals surface area contributed by atoms with E-state index in [1.807, 2.05) is 0 Å². The van der Waals surface area contributed by atoms with Gasteiger partial charge in [0.2, 0.25) is 5.95 Å². The molecular formula is C24H23ClF3N5O2. The summed E-state index contributed by atoms with van der Waals surface area (Å²) < 4.78 is 45.7. The van der Waals surface area contributed by atoms with E-state index in [2.05, 4.69) is 20.5 Å². The van der Waals surface area contributed by atoms with Crippen molar-refractivity contribution in [1.82, 2.24) is 15.2 Å². The van der Waals surface area contributed by atoms with Crippen LogP contribution in [0.25, 0.3) is 11.3 Å². The maximum atomic E-state index is 13.4. The molecule has 3 aromatic rings. The number of halogens is 4. The number of ether oxygens (including phenoxy) is 1. The van der Waals surface area contributed by atoms with E-state index >= 15 is 0 Å². The summed E-state index contributed by atoms with van der Waals surface area (Å²) in [6, 6.07) is 9.37. The van der Waals surface area contributed by atoms with Gasteiger partial charge >= 0.3 is 6.09 Å². The van der Waals surface area contributed by atoms with Crippen molar-refractivity contribution < 1.29 is 22.7 Å². The molecule has 0 unspecified atom stereocenters. The third-order valence-electron chi connectivity index (χ3n) is 6.41. The molecule has 3 heterocycles. The van der Waals surface area contributed by atoms with Crippen molar-refractivity contribution in [3.8, 4) is 11.3 Å². The molecule has 2 aliphatic rings. The summed E-state index contributed by atoms with van der Waals surface area (Å²) in [5.41, 5.74) is 0.692. The van der Waals surface area contributed by atoms with Gasteiger partial charge in [-0.2, -0.15) is 4.39 Å². The zero-order valence-corrected chi connectivity index (χ0v) is 19.4. The standard InChI is InChI=1S/C24H22F3N5O2.ClH/c25-17-9-16(10-18(26)11-17)20-2-4-22(31-30-20)29-12-15-5-7-24(8-6-15)14-32(23(33)34-24)19-1-3-21(27)28-13-19;/h1-4,9-11,13,15H,5-8,12,14H2,(H,29,31);1H/t15-,24-;. The fraction of sp³-hybridized carbons (Fsp3) is 0.333. The van der Waals surface area contributed by atoms with Crippen LogP contribution in [-0.2, 0) is 4.74 Å². The number of pyridine rings is 1. The Morgan fingerprint density at radius 2 is 1.77 bits per heavy atom. The van der Waals surface area contributed by atoms with Crippen LogP contribution in [0.15, 0.2) is 48.7 Å². The van der Waals surface area contributed by atoms with Crippen molar-refractivity contribution in [2.75, 3.05) is 23.3 Å². The van der Waals surface area contributed by atoms with Gasteiger partial charge in [-0.05, 0) is 68.0 Å². The first kappa shape index (κ1) is 24.7. The highest BCUT2D eigenvalue weighted by Gasteiger charge is 2.47. The van der Waals surface area contributed by atoms with Gasteiger partial charge in [0.1, 0.15) is 23.1 Å². The molecule has 2 aromatic heterocycles. The van der Waals surface area contributed by atoms with Gasteiger partial charge < -0.3 is 10.1 Å². The van der Waals surface area contributed by atoms with Gasteiger partial charge in [0, 0.05) is 18.2 Å². The van der Waals surface area contributed by atoms with Crippen molar-refractivity contribution >= 4 is 30.0 Å². The molecule has 0 radical (unpaired) electrons. The first-order valence-electron chi connectivity index (χ1n) is 11.1. The molecule has 1 spiro atoms. The highest BCUT2D eigenvalue weighted by atomic mass is 35.5. The molecule has 0 bridgehead atoms. The van der Waals surface area contributed by atoms with Crippen molar-refractivity contribution in [2.24, 2.45) is 5.92 Å². The van der Waals surface area contributed by atoms with Crippen LogP contribution < -0.4 is 10.2 Å². The van der Waals surface area contributed by atoms with Gasteiger partial charge in [0.15, 0.2) is 0 Å². The van der Waals surface area contributed by atoms with Crippen LogP contribution >= 0.6 is 12.4 Å². The molecule has 5 rings (SSSR count). The molecule has 1 aliphatic carbocycles. The summed E-state index contributed by atoms with van der Waals surface area (Å²) in [5, 5.41) is 11.4. The van der Waals surface area contributed by atoms with Crippen molar-refractivity contribution in [2.45, 2.75) is 31.3 Å². The van der Waals surface area contributed by atoms with E-state index in [-0.39, 0.29) is 12.4 Å². The monoisotopic (exact) mass is 505 g/mol. The fourth-order valence-corrected chi connectivity index (χ4v) is 4.55. The van der Waals surface area contributed by atoms with Crippen LogP contribution in [0.4, 0.5) is 29.5 Å². The van der Waals surface area contributed by atoms with Crippen LogP contribution in [0.1, 0.15) is 25.7 Å². The molecule has 7 nitrogen and oxygen atoms in total. The number of carbonyl (C=O) groups is 1. The Bertz CT molecular complexity index is 1170. The lowest BCUT2D eigenvalue weighted by molar-refractivity contribution is 0.0148. The predicted octanol–water partition coefficient (Wildman–Crippen LogP) is 5.38. The zero-order chi connectivity index (χ0) is 23.7. The molecule has 1 amide bonds. The van der Waals surface area contributed by atoms with Gasteiger partial charge in [-0.15, -0.1) is 22.6 Å². The summed E-state index contributed by atoms with van der Waals surface area (Å²) in [6.07, 6.45) is 4.09. The first-order chi connectivity index (χ1) is 16.4. The lowest BCUT2D eigenvalue weighted by atomic mass is 9.78. The van der Waals surface area contributed by atoms with E-state index in [4.69, 9.17) is 4.74 Å². The third-order valence-corrected chi connectivity index (χ3v) is 6.41. The van der Waals surface area contributed by atoms with Gasteiger partial charge in [-0.1, -0.05) is 0 Å².